The smallest absolute Gasteiger partial charge is 0.305 e. The maximum Gasteiger partial charge on any atom is 0.305 e. The van der Waals surface area contributed by atoms with E-state index in [1.165, 1.54) is 31.4 Å². The van der Waals surface area contributed by atoms with Crippen molar-refractivity contribution in [1.29, 1.82) is 0 Å². The van der Waals surface area contributed by atoms with Crippen molar-refractivity contribution in [2.75, 3.05) is 11.8 Å². The van der Waals surface area contributed by atoms with Crippen molar-refractivity contribution in [2.24, 2.45) is 0 Å². The van der Waals surface area contributed by atoms with E-state index in [0.717, 1.165) is 27.7 Å². The van der Waals surface area contributed by atoms with E-state index in [1.807, 2.05) is 0 Å². The predicted molar refractivity (Wildman–Crippen MR) is 125 cm³/mol. The first-order valence-corrected chi connectivity index (χ1v) is 11.9. The Labute approximate surface area is 191 Å². The van der Waals surface area contributed by atoms with Gasteiger partial charge in [-0.15, -0.1) is 0 Å². The molecule has 1 aromatic heterocycles. The standard InChI is InChI=1S/C25H23FN2O4S/c1-32-25(29)14-13-24-21(15-17-7-9-18(26)10-8-17)22-16-19(11-12-23(22)27-24)28-33(30,31)20-5-3-2-4-6-20/h2-12,16,27-28H,13-15H2,1H3. The minimum Gasteiger partial charge on any atom is -0.469 e. The second-order valence-electron chi connectivity index (χ2n) is 7.64. The Morgan fingerprint density at radius 2 is 1.76 bits per heavy atom. The van der Waals surface area contributed by atoms with E-state index in [4.69, 9.17) is 4.74 Å². The van der Waals surface area contributed by atoms with Crippen molar-refractivity contribution < 1.29 is 22.3 Å². The highest BCUT2D eigenvalue weighted by atomic mass is 32.2. The van der Waals surface area contributed by atoms with Gasteiger partial charge in [0.2, 0.25) is 0 Å². The quantitative estimate of drug-likeness (QED) is 0.365. The molecule has 8 heteroatoms. The summed E-state index contributed by atoms with van der Waals surface area (Å²) in [5.74, 6) is -0.640. The molecule has 33 heavy (non-hydrogen) atoms. The van der Waals surface area contributed by atoms with Gasteiger partial charge in [0.05, 0.1) is 18.4 Å². The lowest BCUT2D eigenvalue weighted by Gasteiger charge is -2.09. The van der Waals surface area contributed by atoms with Gasteiger partial charge in [0.25, 0.3) is 10.0 Å². The number of methoxy groups -OCH3 is 1. The van der Waals surface area contributed by atoms with Crippen LogP contribution in [0.15, 0.2) is 77.7 Å². The number of hydrogen-bond acceptors (Lipinski definition) is 4. The number of anilines is 1. The van der Waals surface area contributed by atoms with Crippen LogP contribution in [0.25, 0.3) is 10.9 Å². The summed E-state index contributed by atoms with van der Waals surface area (Å²) in [5, 5.41) is 0.826. The number of aromatic amines is 1. The Balaban J connectivity index is 1.72. The molecular formula is C25H23FN2O4S. The number of rotatable bonds is 8. The average molecular weight is 467 g/mol. The van der Waals surface area contributed by atoms with E-state index in [-0.39, 0.29) is 23.1 Å². The highest BCUT2D eigenvalue weighted by Crippen LogP contribution is 2.30. The monoisotopic (exact) mass is 466 g/mol. The van der Waals surface area contributed by atoms with Gasteiger partial charge in [-0.05, 0) is 66.4 Å². The number of benzene rings is 3. The second-order valence-corrected chi connectivity index (χ2v) is 9.32. The van der Waals surface area contributed by atoms with E-state index in [2.05, 4.69) is 9.71 Å². The highest BCUT2D eigenvalue weighted by molar-refractivity contribution is 7.92. The molecule has 2 N–H and O–H groups in total. The third-order valence-corrected chi connectivity index (χ3v) is 6.80. The van der Waals surface area contributed by atoms with Crippen molar-refractivity contribution in [3.05, 3.63) is 95.4 Å². The van der Waals surface area contributed by atoms with Gasteiger partial charge in [-0.3, -0.25) is 9.52 Å². The van der Waals surface area contributed by atoms with Crippen LogP contribution in [0, 0.1) is 5.82 Å². The fourth-order valence-corrected chi connectivity index (χ4v) is 4.80. The van der Waals surface area contributed by atoms with Gasteiger partial charge in [-0.25, -0.2) is 12.8 Å². The van der Waals surface area contributed by atoms with Crippen molar-refractivity contribution in [1.82, 2.24) is 4.98 Å². The zero-order valence-corrected chi connectivity index (χ0v) is 18.8. The summed E-state index contributed by atoms with van der Waals surface area (Å²) in [5.41, 5.74) is 3.90. The summed E-state index contributed by atoms with van der Waals surface area (Å²) >= 11 is 0. The van der Waals surface area contributed by atoms with Crippen molar-refractivity contribution in [3.63, 3.8) is 0 Å². The lowest BCUT2D eigenvalue weighted by molar-refractivity contribution is -0.140. The number of fused-ring (bicyclic) bond motifs is 1. The van der Waals surface area contributed by atoms with E-state index in [1.54, 1.807) is 48.5 Å². The van der Waals surface area contributed by atoms with E-state index >= 15 is 0 Å². The number of esters is 1. The Kier molecular flexibility index (Phi) is 6.46. The highest BCUT2D eigenvalue weighted by Gasteiger charge is 2.17. The molecule has 0 spiro atoms. The maximum atomic E-state index is 13.4. The number of carbonyl (C=O) groups is 1. The van der Waals surface area contributed by atoms with E-state index in [0.29, 0.717) is 18.5 Å². The van der Waals surface area contributed by atoms with Crippen molar-refractivity contribution in [2.45, 2.75) is 24.2 Å². The van der Waals surface area contributed by atoms with Crippen molar-refractivity contribution in [3.8, 4) is 0 Å². The number of halogens is 1. The first kappa shape index (κ1) is 22.5. The Morgan fingerprint density at radius 1 is 1.03 bits per heavy atom. The Hall–Kier alpha value is -3.65. The van der Waals surface area contributed by atoms with Gasteiger partial charge in [0.15, 0.2) is 0 Å². The number of aromatic nitrogens is 1. The number of aryl methyl sites for hydroxylation is 1. The molecule has 4 rings (SSSR count). The lowest BCUT2D eigenvalue weighted by atomic mass is 9.99. The molecule has 0 radical (unpaired) electrons. The van der Waals surface area contributed by atoms with Gasteiger partial charge in [-0.2, -0.15) is 0 Å². The molecule has 1 heterocycles. The Bertz CT molecular complexity index is 1380. The van der Waals surface area contributed by atoms with Crippen LogP contribution in [0.2, 0.25) is 0 Å². The minimum atomic E-state index is -3.74. The molecule has 0 bridgehead atoms. The molecule has 0 aliphatic carbocycles. The first-order chi connectivity index (χ1) is 15.9. The molecule has 4 aromatic rings. The summed E-state index contributed by atoms with van der Waals surface area (Å²) < 4.78 is 46.3. The first-order valence-electron chi connectivity index (χ1n) is 10.4. The zero-order valence-electron chi connectivity index (χ0n) is 18.0. The molecule has 0 saturated carbocycles. The van der Waals surface area contributed by atoms with Gasteiger partial charge < -0.3 is 9.72 Å². The van der Waals surface area contributed by atoms with Crippen LogP contribution in [-0.2, 0) is 32.4 Å². The number of carbonyl (C=O) groups excluding carboxylic acids is 1. The van der Waals surface area contributed by atoms with Crippen LogP contribution in [0.1, 0.15) is 23.2 Å². The number of nitrogens with one attached hydrogen (secondary N) is 2. The third-order valence-electron chi connectivity index (χ3n) is 5.40. The summed E-state index contributed by atoms with van der Waals surface area (Å²) in [6, 6.07) is 19.6. The normalized spacial score (nSPS) is 11.5. The van der Waals surface area contributed by atoms with Gasteiger partial charge in [-0.1, -0.05) is 30.3 Å². The summed E-state index contributed by atoms with van der Waals surface area (Å²) in [6.07, 6.45) is 1.13. The summed E-state index contributed by atoms with van der Waals surface area (Å²) in [6.45, 7) is 0. The fraction of sp³-hybridized carbons (Fsp3) is 0.160. The SMILES string of the molecule is COC(=O)CCc1[nH]c2ccc(NS(=O)(=O)c3ccccc3)cc2c1Cc1ccc(F)cc1. The van der Waals surface area contributed by atoms with Crippen LogP contribution in [0.4, 0.5) is 10.1 Å². The molecule has 0 unspecified atom stereocenters. The van der Waals surface area contributed by atoms with Crippen LogP contribution in [-0.4, -0.2) is 26.5 Å². The molecule has 6 nitrogen and oxygen atoms in total. The number of H-pyrrole nitrogens is 1. The second kappa shape index (κ2) is 9.46. The van der Waals surface area contributed by atoms with Crippen molar-refractivity contribution >= 4 is 32.6 Å². The number of sulfonamides is 1. The predicted octanol–water partition coefficient (Wildman–Crippen LogP) is 4.80. The molecule has 0 aliphatic rings. The molecule has 3 aromatic carbocycles. The fourth-order valence-electron chi connectivity index (χ4n) is 3.73. The third kappa shape index (κ3) is 5.23. The average Bonchev–Trinajstić information content (AvgIpc) is 3.15. The Morgan fingerprint density at radius 3 is 2.45 bits per heavy atom. The topological polar surface area (TPSA) is 88.3 Å². The van der Waals surface area contributed by atoms with Crippen LogP contribution >= 0.6 is 0 Å². The van der Waals surface area contributed by atoms with E-state index in [9.17, 15) is 17.6 Å². The van der Waals surface area contributed by atoms with Gasteiger partial charge >= 0.3 is 5.97 Å². The molecule has 0 fully saturated rings. The zero-order chi connectivity index (χ0) is 23.4. The molecule has 0 saturated heterocycles. The number of ether oxygens (including phenoxy) is 1. The van der Waals surface area contributed by atoms with Crippen LogP contribution < -0.4 is 4.72 Å². The molecule has 170 valence electrons. The molecule has 0 atom stereocenters. The summed E-state index contributed by atoms with van der Waals surface area (Å²) in [4.78, 5) is 15.2. The number of hydrogen-bond donors (Lipinski definition) is 2. The largest absolute Gasteiger partial charge is 0.469 e. The molecule has 0 aliphatic heterocycles. The van der Waals surface area contributed by atoms with Crippen LogP contribution in [0.3, 0.4) is 0 Å². The summed E-state index contributed by atoms with van der Waals surface area (Å²) in [7, 11) is -2.39. The van der Waals surface area contributed by atoms with Crippen LogP contribution in [0.5, 0.6) is 0 Å². The van der Waals surface area contributed by atoms with E-state index < -0.39 is 10.0 Å². The lowest BCUT2D eigenvalue weighted by Crippen LogP contribution is -2.12. The molecular weight excluding hydrogens is 443 g/mol. The molecule has 0 amide bonds. The van der Waals surface area contributed by atoms with Gasteiger partial charge in [0.1, 0.15) is 5.82 Å². The minimum absolute atomic E-state index is 0.171. The van der Waals surface area contributed by atoms with Gasteiger partial charge in [0, 0.05) is 22.3 Å². The maximum absolute atomic E-state index is 13.4.